The second-order valence-electron chi connectivity index (χ2n) is 4.02. The van der Waals surface area contributed by atoms with Crippen molar-refractivity contribution in [3.8, 4) is 5.75 Å². The Bertz CT molecular complexity index is 479. The Morgan fingerprint density at radius 2 is 2.30 bits per heavy atom. The van der Waals surface area contributed by atoms with Crippen LogP contribution in [0.3, 0.4) is 0 Å². The molecule has 20 heavy (non-hydrogen) atoms. The van der Waals surface area contributed by atoms with Crippen molar-refractivity contribution in [2.24, 2.45) is 0 Å². The molecule has 0 bridgehead atoms. The maximum atomic E-state index is 10.8. The zero-order chi connectivity index (χ0) is 15.0. The van der Waals surface area contributed by atoms with E-state index in [9.17, 15) is 10.1 Å². The highest BCUT2D eigenvalue weighted by Crippen LogP contribution is 2.25. The quantitative estimate of drug-likeness (QED) is 0.423. The molecule has 1 aromatic carbocycles. The zero-order valence-corrected chi connectivity index (χ0v) is 12.8. The minimum Gasteiger partial charge on any atom is -0.488 e. The first-order valence-electron chi connectivity index (χ1n) is 5.97. The Balaban J connectivity index is 2.79. The number of rotatable bonds is 9. The average Bonchev–Trinajstić information content (AvgIpc) is 2.41. The molecule has 6 nitrogen and oxygen atoms in total. The fraction of sp³-hybridized carbons (Fsp3) is 0.385. The standard InChI is InChI=1S/C13H17BrN2O4/c1-10(14)9-20-13-4-3-12(16(17)18)7-11(13)8-15-5-6-19-2/h3-4,7,15H,1,5-6,8-9H2,2H3. The molecule has 0 aliphatic rings. The van der Waals surface area contributed by atoms with Gasteiger partial charge in [0.05, 0.1) is 11.5 Å². The number of hydrogen-bond acceptors (Lipinski definition) is 5. The number of nitrogens with one attached hydrogen (secondary N) is 1. The van der Waals surface area contributed by atoms with Crippen LogP contribution in [0.2, 0.25) is 0 Å². The van der Waals surface area contributed by atoms with E-state index in [1.807, 2.05) is 0 Å². The lowest BCUT2D eigenvalue weighted by molar-refractivity contribution is -0.384. The van der Waals surface area contributed by atoms with Crippen molar-refractivity contribution in [3.63, 3.8) is 0 Å². The number of nitrogens with zero attached hydrogens (tertiary/aromatic N) is 1. The fourth-order valence-corrected chi connectivity index (χ4v) is 1.63. The number of non-ortho nitro benzene ring substituents is 1. The van der Waals surface area contributed by atoms with E-state index in [0.717, 1.165) is 5.56 Å². The van der Waals surface area contributed by atoms with E-state index >= 15 is 0 Å². The number of methoxy groups -OCH3 is 1. The molecule has 0 aromatic heterocycles. The average molecular weight is 345 g/mol. The van der Waals surface area contributed by atoms with Crippen LogP contribution in [0.1, 0.15) is 5.56 Å². The van der Waals surface area contributed by atoms with Crippen LogP contribution in [-0.4, -0.2) is 31.8 Å². The van der Waals surface area contributed by atoms with Crippen LogP contribution in [0, 0.1) is 10.1 Å². The molecular weight excluding hydrogens is 328 g/mol. The van der Waals surface area contributed by atoms with Crippen LogP contribution in [0.15, 0.2) is 29.3 Å². The van der Waals surface area contributed by atoms with Crippen LogP contribution in [-0.2, 0) is 11.3 Å². The first-order chi connectivity index (χ1) is 9.54. The van der Waals surface area contributed by atoms with E-state index in [2.05, 4.69) is 27.8 Å². The predicted molar refractivity (Wildman–Crippen MR) is 80.2 cm³/mol. The van der Waals surface area contributed by atoms with Gasteiger partial charge >= 0.3 is 0 Å². The highest BCUT2D eigenvalue weighted by atomic mass is 79.9. The molecule has 110 valence electrons. The molecule has 1 rings (SSSR count). The Kier molecular flexibility index (Phi) is 7.21. The van der Waals surface area contributed by atoms with Crippen molar-refractivity contribution in [1.29, 1.82) is 0 Å². The van der Waals surface area contributed by atoms with Crippen LogP contribution < -0.4 is 10.1 Å². The molecule has 1 aromatic rings. The summed E-state index contributed by atoms with van der Waals surface area (Å²) >= 11 is 3.21. The molecule has 0 amide bonds. The molecule has 0 spiro atoms. The van der Waals surface area contributed by atoms with Gasteiger partial charge in [0, 0.05) is 42.4 Å². The highest BCUT2D eigenvalue weighted by Gasteiger charge is 2.11. The largest absolute Gasteiger partial charge is 0.488 e. The van der Waals surface area contributed by atoms with Crippen LogP contribution >= 0.6 is 15.9 Å². The molecule has 0 saturated heterocycles. The maximum Gasteiger partial charge on any atom is 0.270 e. The zero-order valence-electron chi connectivity index (χ0n) is 11.2. The summed E-state index contributed by atoms with van der Waals surface area (Å²) in [6.07, 6.45) is 0. The minimum absolute atomic E-state index is 0.0403. The van der Waals surface area contributed by atoms with Gasteiger partial charge in [-0.25, -0.2) is 0 Å². The van der Waals surface area contributed by atoms with Gasteiger partial charge in [-0.05, 0) is 6.07 Å². The first-order valence-corrected chi connectivity index (χ1v) is 6.77. The third kappa shape index (κ3) is 5.68. The second-order valence-corrected chi connectivity index (χ2v) is 5.15. The normalized spacial score (nSPS) is 10.3. The Labute approximate surface area is 126 Å². The molecule has 1 N–H and O–H groups in total. The molecule has 0 fully saturated rings. The molecule has 0 unspecified atom stereocenters. The van der Waals surface area contributed by atoms with E-state index in [0.29, 0.717) is 36.5 Å². The third-order valence-corrected chi connectivity index (χ3v) is 2.67. The van der Waals surface area contributed by atoms with Crippen LogP contribution in [0.4, 0.5) is 5.69 Å². The van der Waals surface area contributed by atoms with Gasteiger partial charge in [-0.3, -0.25) is 10.1 Å². The smallest absolute Gasteiger partial charge is 0.270 e. The fourth-order valence-electron chi connectivity index (χ4n) is 1.51. The Morgan fingerprint density at radius 3 is 2.90 bits per heavy atom. The number of nitro benzene ring substituents is 1. The lowest BCUT2D eigenvalue weighted by atomic mass is 10.1. The molecule has 0 aliphatic heterocycles. The molecule has 0 heterocycles. The van der Waals surface area contributed by atoms with E-state index < -0.39 is 4.92 Å². The first kappa shape index (κ1) is 16.6. The van der Waals surface area contributed by atoms with Crippen molar-refractivity contribution in [3.05, 3.63) is 44.9 Å². The SMILES string of the molecule is C=C(Br)COc1ccc([N+](=O)[O-])cc1CNCCOC. The van der Waals surface area contributed by atoms with Gasteiger partial charge in [0.2, 0.25) is 0 Å². The van der Waals surface area contributed by atoms with Crippen molar-refractivity contribution >= 4 is 21.6 Å². The maximum absolute atomic E-state index is 10.8. The highest BCUT2D eigenvalue weighted by molar-refractivity contribution is 9.11. The van der Waals surface area contributed by atoms with Gasteiger partial charge in [0.25, 0.3) is 5.69 Å². The second kappa shape index (κ2) is 8.68. The predicted octanol–water partition coefficient (Wildman–Crippen LogP) is 2.62. The summed E-state index contributed by atoms with van der Waals surface area (Å²) in [5.41, 5.74) is 0.766. The van der Waals surface area contributed by atoms with Gasteiger partial charge in [-0.15, -0.1) is 0 Å². The molecule has 0 saturated carbocycles. The Hall–Kier alpha value is -1.44. The van der Waals surface area contributed by atoms with Crippen LogP contribution in [0.5, 0.6) is 5.75 Å². The van der Waals surface area contributed by atoms with E-state index in [4.69, 9.17) is 9.47 Å². The number of nitro groups is 1. The Morgan fingerprint density at radius 1 is 1.55 bits per heavy atom. The van der Waals surface area contributed by atoms with E-state index in [-0.39, 0.29) is 5.69 Å². The summed E-state index contributed by atoms with van der Waals surface area (Å²) < 4.78 is 11.2. The van der Waals surface area contributed by atoms with Gasteiger partial charge in [-0.1, -0.05) is 22.5 Å². The number of halogens is 1. The van der Waals surface area contributed by atoms with Crippen molar-refractivity contribution < 1.29 is 14.4 Å². The number of ether oxygens (including phenoxy) is 2. The summed E-state index contributed by atoms with van der Waals surface area (Å²) in [7, 11) is 1.62. The molecule has 0 radical (unpaired) electrons. The summed E-state index contributed by atoms with van der Waals surface area (Å²) in [5, 5.41) is 13.9. The van der Waals surface area contributed by atoms with Crippen molar-refractivity contribution in [2.45, 2.75) is 6.54 Å². The van der Waals surface area contributed by atoms with Crippen molar-refractivity contribution in [2.75, 3.05) is 26.9 Å². The molecular formula is C13H17BrN2O4. The summed E-state index contributed by atoms with van der Waals surface area (Å²) in [6, 6.07) is 4.53. The summed E-state index contributed by atoms with van der Waals surface area (Å²) in [5.74, 6) is 0.598. The third-order valence-electron chi connectivity index (χ3n) is 2.44. The lowest BCUT2D eigenvalue weighted by Gasteiger charge is -2.11. The van der Waals surface area contributed by atoms with Crippen LogP contribution in [0.25, 0.3) is 0 Å². The van der Waals surface area contributed by atoms with Gasteiger partial charge in [-0.2, -0.15) is 0 Å². The van der Waals surface area contributed by atoms with Crippen molar-refractivity contribution in [1.82, 2.24) is 5.32 Å². The minimum atomic E-state index is -0.425. The monoisotopic (exact) mass is 344 g/mol. The van der Waals surface area contributed by atoms with Gasteiger partial charge in [0.1, 0.15) is 12.4 Å². The number of hydrogen-bond donors (Lipinski definition) is 1. The summed E-state index contributed by atoms with van der Waals surface area (Å²) in [4.78, 5) is 10.4. The molecule has 7 heteroatoms. The van der Waals surface area contributed by atoms with Gasteiger partial charge in [0.15, 0.2) is 0 Å². The lowest BCUT2D eigenvalue weighted by Crippen LogP contribution is -2.19. The topological polar surface area (TPSA) is 73.6 Å². The van der Waals surface area contributed by atoms with E-state index in [1.165, 1.54) is 12.1 Å². The number of benzene rings is 1. The molecule has 0 aliphatic carbocycles. The van der Waals surface area contributed by atoms with Gasteiger partial charge < -0.3 is 14.8 Å². The van der Waals surface area contributed by atoms with E-state index in [1.54, 1.807) is 13.2 Å². The summed E-state index contributed by atoms with van der Waals surface area (Å²) in [6.45, 7) is 5.69. The molecule has 0 atom stereocenters.